The van der Waals surface area contributed by atoms with Crippen molar-refractivity contribution < 1.29 is 9.18 Å². The average Bonchev–Trinajstić information content (AvgIpc) is 3.25. The Morgan fingerprint density at radius 1 is 1.52 bits per heavy atom. The van der Waals surface area contributed by atoms with Gasteiger partial charge in [0.1, 0.15) is 11.9 Å². The SMILES string of the molecule is C=C(N=C(C)/C(=C\C)C(=O)NC(C)CN1CCC(F)C1)c1nn(C)c2cc(Cl)ccc12. The maximum Gasteiger partial charge on any atom is 0.253 e. The summed E-state index contributed by atoms with van der Waals surface area (Å²) in [5.41, 5.74) is 3.02. The number of benzene rings is 1. The summed E-state index contributed by atoms with van der Waals surface area (Å²) < 4.78 is 15.1. The van der Waals surface area contributed by atoms with Gasteiger partial charge in [-0.2, -0.15) is 5.10 Å². The van der Waals surface area contributed by atoms with E-state index < -0.39 is 6.17 Å². The summed E-state index contributed by atoms with van der Waals surface area (Å²) in [6.45, 7) is 11.3. The van der Waals surface area contributed by atoms with Crippen LogP contribution in [-0.2, 0) is 11.8 Å². The van der Waals surface area contributed by atoms with Crippen molar-refractivity contribution in [2.24, 2.45) is 12.0 Å². The van der Waals surface area contributed by atoms with Crippen LogP contribution in [0.1, 0.15) is 32.9 Å². The highest BCUT2D eigenvalue weighted by Crippen LogP contribution is 2.27. The zero-order chi connectivity index (χ0) is 22.7. The first kappa shape index (κ1) is 23.2. The number of nitrogens with one attached hydrogen (secondary N) is 1. The standard InChI is InChI=1S/C23H29ClFN5O/c1-6-19(23(31)26-14(2)12-30-10-9-18(25)13-30)15(3)27-16(4)22-20-8-7-17(24)11-21(20)29(5)28-22/h6-8,11,14,18H,4,9-10,12-13H2,1-3,5H3,(H,26,31)/b19-6+,27-15?. The van der Waals surface area contributed by atoms with E-state index in [1.165, 1.54) is 0 Å². The number of fused-ring (bicyclic) bond motifs is 1. The number of hydrogen-bond donors (Lipinski definition) is 1. The Morgan fingerprint density at radius 2 is 2.26 bits per heavy atom. The van der Waals surface area contributed by atoms with E-state index in [1.54, 1.807) is 30.7 Å². The lowest BCUT2D eigenvalue weighted by atomic mass is 10.1. The Bertz CT molecular complexity index is 1060. The molecule has 2 atom stereocenters. The number of amides is 1. The Labute approximate surface area is 187 Å². The van der Waals surface area contributed by atoms with E-state index in [-0.39, 0.29) is 11.9 Å². The molecule has 0 radical (unpaired) electrons. The molecule has 1 aliphatic rings. The van der Waals surface area contributed by atoms with Crippen molar-refractivity contribution >= 4 is 39.8 Å². The van der Waals surface area contributed by atoms with Crippen molar-refractivity contribution in [1.29, 1.82) is 0 Å². The summed E-state index contributed by atoms with van der Waals surface area (Å²) in [5.74, 6) is -0.210. The van der Waals surface area contributed by atoms with E-state index in [2.05, 4.69) is 22.0 Å². The van der Waals surface area contributed by atoms with Gasteiger partial charge in [-0.05, 0) is 45.4 Å². The highest BCUT2D eigenvalue weighted by molar-refractivity contribution is 6.31. The zero-order valence-electron chi connectivity index (χ0n) is 18.5. The second-order valence-corrected chi connectivity index (χ2v) is 8.44. The molecule has 1 N–H and O–H groups in total. The third-order valence-electron chi connectivity index (χ3n) is 5.44. The number of aliphatic imine (C=N–C) groups is 1. The second-order valence-electron chi connectivity index (χ2n) is 8.00. The van der Waals surface area contributed by atoms with Gasteiger partial charge in [0.25, 0.3) is 5.91 Å². The van der Waals surface area contributed by atoms with Gasteiger partial charge in [-0.15, -0.1) is 0 Å². The zero-order valence-corrected chi connectivity index (χ0v) is 19.2. The molecule has 1 aliphatic heterocycles. The molecule has 3 rings (SSSR count). The Kier molecular flexibility index (Phi) is 7.28. The van der Waals surface area contributed by atoms with Crippen molar-refractivity contribution in [3.63, 3.8) is 0 Å². The molecule has 0 aliphatic carbocycles. The molecular weight excluding hydrogens is 417 g/mol. The van der Waals surface area contributed by atoms with Crippen molar-refractivity contribution in [1.82, 2.24) is 20.0 Å². The number of aryl methyl sites for hydroxylation is 1. The number of rotatable bonds is 7. The average molecular weight is 446 g/mol. The van der Waals surface area contributed by atoms with Crippen molar-refractivity contribution in [3.8, 4) is 0 Å². The third-order valence-corrected chi connectivity index (χ3v) is 5.67. The lowest BCUT2D eigenvalue weighted by molar-refractivity contribution is -0.117. The molecule has 1 fully saturated rings. The molecule has 0 bridgehead atoms. The van der Waals surface area contributed by atoms with Crippen LogP contribution in [0.3, 0.4) is 0 Å². The first-order chi connectivity index (χ1) is 14.7. The van der Waals surface area contributed by atoms with Crippen LogP contribution in [-0.4, -0.2) is 58.1 Å². The number of aromatic nitrogens is 2. The van der Waals surface area contributed by atoms with E-state index in [4.69, 9.17) is 11.6 Å². The molecular formula is C23H29ClFN5O. The minimum Gasteiger partial charge on any atom is -0.348 e. The quantitative estimate of drug-likeness (QED) is 0.514. The fourth-order valence-electron chi connectivity index (χ4n) is 3.95. The largest absolute Gasteiger partial charge is 0.348 e. The van der Waals surface area contributed by atoms with Crippen LogP contribution in [0.4, 0.5) is 4.39 Å². The van der Waals surface area contributed by atoms with E-state index in [0.717, 1.165) is 17.4 Å². The molecule has 8 heteroatoms. The fourth-order valence-corrected chi connectivity index (χ4v) is 4.12. The molecule has 2 unspecified atom stereocenters. The van der Waals surface area contributed by atoms with E-state index in [9.17, 15) is 9.18 Å². The lowest BCUT2D eigenvalue weighted by Gasteiger charge is -2.21. The first-order valence-corrected chi connectivity index (χ1v) is 10.8. The van der Waals surface area contributed by atoms with Gasteiger partial charge in [0.05, 0.1) is 22.5 Å². The molecule has 6 nitrogen and oxygen atoms in total. The maximum absolute atomic E-state index is 13.4. The maximum atomic E-state index is 13.4. The first-order valence-electron chi connectivity index (χ1n) is 10.4. The summed E-state index contributed by atoms with van der Waals surface area (Å²) in [6, 6.07) is 5.43. The molecule has 166 valence electrons. The summed E-state index contributed by atoms with van der Waals surface area (Å²) in [4.78, 5) is 19.4. The molecule has 1 aromatic carbocycles. The molecule has 0 spiro atoms. The van der Waals surface area contributed by atoms with Gasteiger partial charge in [-0.25, -0.2) is 4.39 Å². The van der Waals surface area contributed by atoms with Crippen LogP contribution >= 0.6 is 11.6 Å². The molecule has 1 saturated heterocycles. The molecule has 1 amide bonds. The van der Waals surface area contributed by atoms with Crippen molar-refractivity contribution in [2.75, 3.05) is 19.6 Å². The Hall–Kier alpha value is -2.51. The molecule has 2 heterocycles. The van der Waals surface area contributed by atoms with Gasteiger partial charge in [0, 0.05) is 43.1 Å². The molecule has 0 saturated carbocycles. The van der Waals surface area contributed by atoms with Crippen LogP contribution in [0.2, 0.25) is 5.02 Å². The van der Waals surface area contributed by atoms with E-state index in [1.807, 2.05) is 31.0 Å². The second kappa shape index (κ2) is 9.75. The predicted octanol–water partition coefficient (Wildman–Crippen LogP) is 4.15. The summed E-state index contributed by atoms with van der Waals surface area (Å²) >= 11 is 6.10. The van der Waals surface area contributed by atoms with Crippen LogP contribution in [0.25, 0.3) is 16.6 Å². The molecule has 2 aromatic rings. The van der Waals surface area contributed by atoms with Gasteiger partial charge in [0.15, 0.2) is 0 Å². The number of hydrogen-bond acceptors (Lipinski definition) is 4. The minimum atomic E-state index is -0.770. The van der Waals surface area contributed by atoms with Gasteiger partial charge in [-0.3, -0.25) is 19.4 Å². The number of halogens is 2. The lowest BCUT2D eigenvalue weighted by Crippen LogP contribution is -2.42. The number of allylic oxidation sites excluding steroid dienone is 1. The van der Waals surface area contributed by atoms with Gasteiger partial charge < -0.3 is 5.32 Å². The van der Waals surface area contributed by atoms with Crippen LogP contribution in [0.15, 0.2) is 41.4 Å². The predicted molar refractivity (Wildman–Crippen MR) is 125 cm³/mol. The highest BCUT2D eigenvalue weighted by Gasteiger charge is 2.24. The van der Waals surface area contributed by atoms with Crippen LogP contribution < -0.4 is 5.32 Å². The summed E-state index contributed by atoms with van der Waals surface area (Å²) in [7, 11) is 1.84. The smallest absolute Gasteiger partial charge is 0.253 e. The van der Waals surface area contributed by atoms with E-state index in [0.29, 0.717) is 47.2 Å². The Morgan fingerprint density at radius 3 is 2.90 bits per heavy atom. The fraction of sp³-hybridized carbons (Fsp3) is 0.435. The third kappa shape index (κ3) is 5.40. The van der Waals surface area contributed by atoms with Gasteiger partial charge in [-0.1, -0.05) is 24.3 Å². The topological polar surface area (TPSA) is 62.5 Å². The van der Waals surface area contributed by atoms with Crippen LogP contribution in [0, 0.1) is 0 Å². The summed E-state index contributed by atoms with van der Waals surface area (Å²) in [5, 5.41) is 9.03. The number of likely N-dealkylation sites (tertiary alicyclic amines) is 1. The van der Waals surface area contributed by atoms with Gasteiger partial charge in [0.2, 0.25) is 0 Å². The number of nitrogens with zero attached hydrogens (tertiary/aromatic N) is 4. The Balaban J connectivity index is 1.71. The summed E-state index contributed by atoms with van der Waals surface area (Å²) in [6.07, 6.45) is 1.52. The van der Waals surface area contributed by atoms with Crippen LogP contribution in [0.5, 0.6) is 0 Å². The number of carbonyl (C=O) groups excluding carboxylic acids is 1. The van der Waals surface area contributed by atoms with Crippen molar-refractivity contribution in [2.45, 2.75) is 39.4 Å². The molecule has 1 aromatic heterocycles. The number of alkyl halides is 1. The van der Waals surface area contributed by atoms with Crippen molar-refractivity contribution in [3.05, 3.63) is 47.1 Å². The van der Waals surface area contributed by atoms with E-state index >= 15 is 0 Å². The normalized spacial score (nSPS) is 19.1. The van der Waals surface area contributed by atoms with Gasteiger partial charge >= 0.3 is 0 Å². The number of carbonyl (C=O) groups is 1. The minimum absolute atomic E-state index is 0.103. The molecule has 31 heavy (non-hydrogen) atoms. The monoisotopic (exact) mass is 445 g/mol. The highest BCUT2D eigenvalue weighted by atomic mass is 35.5.